The predicted molar refractivity (Wildman–Crippen MR) is 76.9 cm³/mol. The van der Waals surface area contributed by atoms with Gasteiger partial charge in [0.15, 0.2) is 5.75 Å². The highest BCUT2D eigenvalue weighted by molar-refractivity contribution is 5.41. The monoisotopic (exact) mass is 272 g/mol. The zero-order chi connectivity index (χ0) is 14.1. The highest BCUT2D eigenvalue weighted by Crippen LogP contribution is 2.44. The van der Waals surface area contributed by atoms with E-state index in [0.717, 1.165) is 11.3 Å². The van der Waals surface area contributed by atoms with Crippen LogP contribution in [0.1, 0.15) is 48.6 Å². The number of aliphatic hydroxyl groups excluding tert-OH is 1. The minimum absolute atomic E-state index is 0.602. The molecule has 1 aromatic carbocycles. The molecule has 0 spiro atoms. The van der Waals surface area contributed by atoms with Crippen molar-refractivity contribution in [3.05, 3.63) is 47.3 Å². The Balaban J connectivity index is 2.04. The van der Waals surface area contributed by atoms with Crippen molar-refractivity contribution in [2.24, 2.45) is 0 Å². The molecule has 2 aromatic rings. The maximum atomic E-state index is 10.8. The highest BCUT2D eigenvalue weighted by atomic mass is 16.5. The number of ether oxygens (including phenoxy) is 1. The summed E-state index contributed by atoms with van der Waals surface area (Å²) in [5, 5.41) is 15.1. The van der Waals surface area contributed by atoms with Crippen molar-refractivity contribution in [3.8, 4) is 5.75 Å². The van der Waals surface area contributed by atoms with Gasteiger partial charge in [-0.3, -0.25) is 4.68 Å². The Bertz CT molecular complexity index is 581. The van der Waals surface area contributed by atoms with Crippen LogP contribution in [0, 0.1) is 0 Å². The fourth-order valence-electron chi connectivity index (χ4n) is 2.74. The second-order valence-electron chi connectivity index (χ2n) is 5.22. The topological polar surface area (TPSA) is 47.3 Å². The summed E-state index contributed by atoms with van der Waals surface area (Å²) in [4.78, 5) is 0. The van der Waals surface area contributed by atoms with Gasteiger partial charge in [0.2, 0.25) is 0 Å². The standard InChI is InChI=1S/C16H20N2O2/c1-3-18-15(14(20-2)10-17-18)16(19)13-7-5-4-6-12(13)11-8-9-11/h4-7,10-11,16,19H,3,8-9H2,1-2H3. The Morgan fingerprint density at radius 2 is 2.15 bits per heavy atom. The van der Waals surface area contributed by atoms with Crippen LogP contribution in [0.3, 0.4) is 0 Å². The van der Waals surface area contributed by atoms with Crippen molar-refractivity contribution < 1.29 is 9.84 Å². The fourth-order valence-corrected chi connectivity index (χ4v) is 2.74. The van der Waals surface area contributed by atoms with Crippen LogP contribution < -0.4 is 4.74 Å². The minimum atomic E-state index is -0.691. The van der Waals surface area contributed by atoms with Crippen LogP contribution in [0.15, 0.2) is 30.5 Å². The van der Waals surface area contributed by atoms with Crippen LogP contribution in [-0.2, 0) is 6.54 Å². The Morgan fingerprint density at radius 1 is 1.40 bits per heavy atom. The third-order valence-electron chi connectivity index (χ3n) is 3.93. The molecule has 20 heavy (non-hydrogen) atoms. The Hall–Kier alpha value is -1.81. The van der Waals surface area contributed by atoms with Crippen molar-refractivity contribution in [1.29, 1.82) is 0 Å². The van der Waals surface area contributed by atoms with E-state index in [9.17, 15) is 5.11 Å². The van der Waals surface area contributed by atoms with E-state index < -0.39 is 6.10 Å². The van der Waals surface area contributed by atoms with E-state index in [1.54, 1.807) is 18.0 Å². The van der Waals surface area contributed by atoms with Crippen molar-refractivity contribution >= 4 is 0 Å². The molecule has 1 aliphatic carbocycles. The van der Waals surface area contributed by atoms with Crippen LogP contribution in [-0.4, -0.2) is 22.0 Å². The molecule has 1 atom stereocenters. The van der Waals surface area contributed by atoms with Crippen LogP contribution >= 0.6 is 0 Å². The lowest BCUT2D eigenvalue weighted by atomic mass is 9.97. The molecule has 1 aromatic heterocycles. The van der Waals surface area contributed by atoms with Crippen molar-refractivity contribution in [2.75, 3.05) is 7.11 Å². The number of nitrogens with zero attached hydrogens (tertiary/aromatic N) is 2. The molecule has 1 N–H and O–H groups in total. The summed E-state index contributed by atoms with van der Waals surface area (Å²) < 4.78 is 7.14. The fraction of sp³-hybridized carbons (Fsp3) is 0.438. The number of benzene rings is 1. The minimum Gasteiger partial charge on any atom is -0.493 e. The first-order valence-electron chi connectivity index (χ1n) is 7.12. The third kappa shape index (κ3) is 2.20. The quantitative estimate of drug-likeness (QED) is 0.910. The Morgan fingerprint density at radius 3 is 2.80 bits per heavy atom. The average Bonchev–Trinajstić information content (AvgIpc) is 3.25. The van der Waals surface area contributed by atoms with Gasteiger partial charge in [-0.25, -0.2) is 0 Å². The number of aromatic nitrogens is 2. The van der Waals surface area contributed by atoms with Gasteiger partial charge < -0.3 is 9.84 Å². The number of methoxy groups -OCH3 is 1. The van der Waals surface area contributed by atoms with Gasteiger partial charge in [-0.05, 0) is 36.8 Å². The predicted octanol–water partition coefficient (Wildman–Crippen LogP) is 2.87. The van der Waals surface area contributed by atoms with Gasteiger partial charge in [0.25, 0.3) is 0 Å². The summed E-state index contributed by atoms with van der Waals surface area (Å²) >= 11 is 0. The highest BCUT2D eigenvalue weighted by Gasteiger charge is 2.30. The molecule has 4 nitrogen and oxygen atoms in total. The van der Waals surface area contributed by atoms with Gasteiger partial charge in [-0.2, -0.15) is 5.10 Å². The summed E-state index contributed by atoms with van der Waals surface area (Å²) in [6, 6.07) is 8.14. The number of hydrogen-bond donors (Lipinski definition) is 1. The molecule has 1 heterocycles. The first-order chi connectivity index (χ1) is 9.76. The Kier molecular flexibility index (Phi) is 3.49. The number of aliphatic hydroxyl groups is 1. The zero-order valence-electron chi connectivity index (χ0n) is 11.9. The molecule has 0 saturated heterocycles. The van der Waals surface area contributed by atoms with E-state index in [1.807, 2.05) is 25.1 Å². The molecule has 3 rings (SSSR count). The lowest BCUT2D eigenvalue weighted by molar-refractivity contribution is 0.201. The van der Waals surface area contributed by atoms with Gasteiger partial charge in [-0.15, -0.1) is 0 Å². The van der Waals surface area contributed by atoms with Crippen molar-refractivity contribution in [3.63, 3.8) is 0 Å². The van der Waals surface area contributed by atoms with Crippen LogP contribution in [0.4, 0.5) is 0 Å². The van der Waals surface area contributed by atoms with E-state index in [0.29, 0.717) is 18.2 Å². The number of aryl methyl sites for hydroxylation is 1. The van der Waals surface area contributed by atoms with E-state index in [-0.39, 0.29) is 0 Å². The van der Waals surface area contributed by atoms with Crippen LogP contribution in [0.2, 0.25) is 0 Å². The third-order valence-corrected chi connectivity index (χ3v) is 3.93. The summed E-state index contributed by atoms with van der Waals surface area (Å²) in [6.45, 7) is 2.72. The second kappa shape index (κ2) is 5.29. The SMILES string of the molecule is CCn1ncc(OC)c1C(O)c1ccccc1C1CC1. The normalized spacial score (nSPS) is 16.1. The molecule has 1 fully saturated rings. The first-order valence-corrected chi connectivity index (χ1v) is 7.12. The zero-order valence-corrected chi connectivity index (χ0v) is 11.9. The molecule has 1 saturated carbocycles. The molecule has 1 aliphatic rings. The van der Waals surface area contributed by atoms with E-state index >= 15 is 0 Å². The molecule has 0 radical (unpaired) electrons. The lowest BCUT2D eigenvalue weighted by Gasteiger charge is -2.17. The molecule has 0 amide bonds. The largest absolute Gasteiger partial charge is 0.493 e. The van der Waals surface area contributed by atoms with Crippen LogP contribution in [0.25, 0.3) is 0 Å². The van der Waals surface area contributed by atoms with E-state index in [1.165, 1.54) is 18.4 Å². The maximum Gasteiger partial charge on any atom is 0.163 e. The molecule has 1 unspecified atom stereocenters. The summed E-state index contributed by atoms with van der Waals surface area (Å²) in [6.07, 6.45) is 3.41. The summed E-state index contributed by atoms with van der Waals surface area (Å²) in [5.41, 5.74) is 2.97. The van der Waals surface area contributed by atoms with Crippen molar-refractivity contribution in [2.45, 2.75) is 38.3 Å². The number of hydrogen-bond acceptors (Lipinski definition) is 3. The van der Waals surface area contributed by atoms with Gasteiger partial charge in [0.05, 0.1) is 13.3 Å². The lowest BCUT2D eigenvalue weighted by Crippen LogP contribution is -2.11. The van der Waals surface area contributed by atoms with E-state index in [2.05, 4.69) is 11.2 Å². The summed E-state index contributed by atoms with van der Waals surface area (Å²) in [7, 11) is 1.61. The van der Waals surface area contributed by atoms with Gasteiger partial charge in [0, 0.05) is 6.54 Å². The molecule has 0 aliphatic heterocycles. The summed E-state index contributed by atoms with van der Waals surface area (Å²) in [5.74, 6) is 1.25. The van der Waals surface area contributed by atoms with Gasteiger partial charge in [0.1, 0.15) is 11.8 Å². The first kappa shape index (κ1) is 13.2. The molecule has 106 valence electrons. The van der Waals surface area contributed by atoms with Crippen molar-refractivity contribution in [1.82, 2.24) is 9.78 Å². The van der Waals surface area contributed by atoms with Gasteiger partial charge in [-0.1, -0.05) is 24.3 Å². The van der Waals surface area contributed by atoms with Gasteiger partial charge >= 0.3 is 0 Å². The molecular formula is C16H20N2O2. The average molecular weight is 272 g/mol. The Labute approximate surface area is 119 Å². The maximum absolute atomic E-state index is 10.8. The smallest absolute Gasteiger partial charge is 0.163 e. The molecule has 0 bridgehead atoms. The number of rotatable bonds is 5. The van der Waals surface area contributed by atoms with E-state index in [4.69, 9.17) is 4.74 Å². The van der Waals surface area contributed by atoms with Crippen LogP contribution in [0.5, 0.6) is 5.75 Å². The molecular weight excluding hydrogens is 252 g/mol. The second-order valence-corrected chi connectivity index (χ2v) is 5.22. The molecule has 4 heteroatoms.